The Labute approximate surface area is 121 Å². The summed E-state index contributed by atoms with van der Waals surface area (Å²) in [5.41, 5.74) is 0.674. The van der Waals surface area contributed by atoms with Crippen molar-refractivity contribution >= 4 is 11.7 Å². The summed E-state index contributed by atoms with van der Waals surface area (Å²) in [6.07, 6.45) is 1.44. The van der Waals surface area contributed by atoms with E-state index in [1.54, 1.807) is 26.2 Å². The third kappa shape index (κ3) is 3.75. The number of nitrogens with zero attached hydrogens (tertiary/aromatic N) is 2. The fourth-order valence-corrected chi connectivity index (χ4v) is 1.75. The Morgan fingerprint density at radius 3 is 2.62 bits per heavy atom. The third-order valence-corrected chi connectivity index (χ3v) is 2.88. The summed E-state index contributed by atoms with van der Waals surface area (Å²) in [6, 6.07) is 6.52. The van der Waals surface area contributed by atoms with Gasteiger partial charge in [-0.05, 0) is 30.3 Å². The highest BCUT2D eigenvalue weighted by atomic mass is 19.1. The van der Waals surface area contributed by atoms with E-state index in [4.69, 9.17) is 0 Å². The van der Waals surface area contributed by atoms with Crippen molar-refractivity contribution in [3.8, 4) is 0 Å². The van der Waals surface area contributed by atoms with Crippen molar-refractivity contribution in [1.82, 2.24) is 9.88 Å². The molecule has 0 atom stereocenters. The van der Waals surface area contributed by atoms with Gasteiger partial charge in [-0.15, -0.1) is 0 Å². The molecule has 1 amide bonds. The first kappa shape index (κ1) is 14.9. The molecule has 110 valence electrons. The highest BCUT2D eigenvalue weighted by molar-refractivity contribution is 5.93. The van der Waals surface area contributed by atoms with E-state index in [0.717, 1.165) is 18.2 Å². The van der Waals surface area contributed by atoms with E-state index in [0.29, 0.717) is 11.4 Å². The minimum absolute atomic E-state index is 0.109. The van der Waals surface area contributed by atoms with Gasteiger partial charge < -0.3 is 10.2 Å². The van der Waals surface area contributed by atoms with Crippen LogP contribution in [-0.2, 0) is 6.54 Å². The van der Waals surface area contributed by atoms with Crippen molar-refractivity contribution in [2.45, 2.75) is 6.54 Å². The largest absolute Gasteiger partial charge is 0.366 e. The van der Waals surface area contributed by atoms with Gasteiger partial charge in [-0.1, -0.05) is 0 Å². The maximum atomic E-state index is 13.5. The number of aromatic nitrogens is 1. The number of nitrogens with one attached hydrogen (secondary N) is 1. The number of amides is 1. The molecule has 0 saturated heterocycles. The van der Waals surface area contributed by atoms with Gasteiger partial charge >= 0.3 is 0 Å². The molecule has 6 heteroatoms. The van der Waals surface area contributed by atoms with E-state index in [2.05, 4.69) is 10.3 Å². The van der Waals surface area contributed by atoms with Crippen molar-refractivity contribution in [1.29, 1.82) is 0 Å². The minimum atomic E-state index is -0.493. The summed E-state index contributed by atoms with van der Waals surface area (Å²) >= 11 is 0. The van der Waals surface area contributed by atoms with E-state index >= 15 is 0 Å². The van der Waals surface area contributed by atoms with Crippen molar-refractivity contribution < 1.29 is 13.6 Å². The average molecular weight is 291 g/mol. The molecule has 4 nitrogen and oxygen atoms in total. The Kier molecular flexibility index (Phi) is 4.47. The van der Waals surface area contributed by atoms with Gasteiger partial charge in [-0.2, -0.15) is 0 Å². The van der Waals surface area contributed by atoms with Crippen LogP contribution >= 0.6 is 0 Å². The Bertz CT molecular complexity index is 642. The Morgan fingerprint density at radius 2 is 2.00 bits per heavy atom. The van der Waals surface area contributed by atoms with Crippen molar-refractivity contribution in [2.75, 3.05) is 19.4 Å². The van der Waals surface area contributed by atoms with Crippen LogP contribution < -0.4 is 5.32 Å². The molecule has 21 heavy (non-hydrogen) atoms. The number of pyridine rings is 1. The molecule has 1 heterocycles. The first-order valence-corrected chi connectivity index (χ1v) is 6.33. The Balaban J connectivity index is 2.04. The molecule has 0 aliphatic heterocycles. The fourth-order valence-electron chi connectivity index (χ4n) is 1.75. The zero-order valence-electron chi connectivity index (χ0n) is 11.7. The predicted octanol–water partition coefficient (Wildman–Crippen LogP) is 2.67. The minimum Gasteiger partial charge on any atom is -0.366 e. The molecule has 0 bridgehead atoms. The van der Waals surface area contributed by atoms with Crippen molar-refractivity contribution in [3.63, 3.8) is 0 Å². The number of hydrogen-bond acceptors (Lipinski definition) is 3. The van der Waals surface area contributed by atoms with Gasteiger partial charge in [0.25, 0.3) is 5.91 Å². The molecule has 0 aliphatic carbocycles. The fraction of sp³-hybridized carbons (Fsp3) is 0.200. The zero-order valence-corrected chi connectivity index (χ0v) is 11.7. The maximum Gasteiger partial charge on any atom is 0.254 e. The van der Waals surface area contributed by atoms with Gasteiger partial charge in [0, 0.05) is 32.4 Å². The first-order valence-electron chi connectivity index (χ1n) is 6.33. The Morgan fingerprint density at radius 1 is 1.24 bits per heavy atom. The topological polar surface area (TPSA) is 45.2 Å². The number of rotatable bonds is 4. The second-order valence-corrected chi connectivity index (χ2v) is 4.72. The number of anilines is 1. The molecule has 2 aromatic rings. The lowest BCUT2D eigenvalue weighted by Crippen LogP contribution is -2.21. The molecule has 0 aliphatic rings. The number of hydrogen-bond donors (Lipinski definition) is 1. The summed E-state index contributed by atoms with van der Waals surface area (Å²) in [4.78, 5) is 17.2. The lowest BCUT2D eigenvalue weighted by molar-refractivity contribution is 0.0827. The summed E-state index contributed by atoms with van der Waals surface area (Å²) in [6.45, 7) is 0.109. The van der Waals surface area contributed by atoms with Gasteiger partial charge in [0.05, 0.1) is 5.56 Å². The van der Waals surface area contributed by atoms with Crippen molar-refractivity contribution in [2.24, 2.45) is 0 Å². The molecule has 1 aromatic carbocycles. The van der Waals surface area contributed by atoms with Crippen LogP contribution in [0, 0.1) is 11.6 Å². The highest BCUT2D eigenvalue weighted by Gasteiger charge is 2.08. The average Bonchev–Trinajstić information content (AvgIpc) is 2.48. The molecule has 0 fully saturated rings. The van der Waals surface area contributed by atoms with Gasteiger partial charge in [-0.25, -0.2) is 13.8 Å². The van der Waals surface area contributed by atoms with Gasteiger partial charge in [0.1, 0.15) is 17.5 Å². The van der Waals surface area contributed by atoms with Gasteiger partial charge in [-0.3, -0.25) is 4.79 Å². The second kappa shape index (κ2) is 6.30. The second-order valence-electron chi connectivity index (χ2n) is 4.72. The molecule has 1 aromatic heterocycles. The number of benzene rings is 1. The van der Waals surface area contributed by atoms with Crippen molar-refractivity contribution in [3.05, 3.63) is 59.3 Å². The SMILES string of the molecule is CN(C)C(=O)c1ccc(NCc2cc(F)ccc2F)nc1. The van der Waals surface area contributed by atoms with Crippen LogP contribution in [0.4, 0.5) is 14.6 Å². The predicted molar refractivity (Wildman–Crippen MR) is 75.9 cm³/mol. The molecule has 2 rings (SSSR count). The van der Waals surface area contributed by atoms with Crippen LogP contribution in [0.25, 0.3) is 0 Å². The van der Waals surface area contributed by atoms with Crippen LogP contribution in [0.2, 0.25) is 0 Å². The number of halogens is 2. The van der Waals surface area contributed by atoms with Gasteiger partial charge in [0.2, 0.25) is 0 Å². The van der Waals surface area contributed by atoms with E-state index in [-0.39, 0.29) is 18.0 Å². The van der Waals surface area contributed by atoms with E-state index < -0.39 is 11.6 Å². The van der Waals surface area contributed by atoms with E-state index in [1.807, 2.05) is 0 Å². The van der Waals surface area contributed by atoms with E-state index in [1.165, 1.54) is 11.1 Å². The standard InChI is InChI=1S/C15H15F2N3O/c1-20(2)15(21)10-3-6-14(18-8-10)19-9-11-7-12(16)4-5-13(11)17/h3-8H,9H2,1-2H3,(H,18,19). The number of carbonyl (C=O) groups excluding carboxylic acids is 1. The summed E-state index contributed by atoms with van der Waals surface area (Å²) in [5.74, 6) is -0.643. The zero-order chi connectivity index (χ0) is 15.4. The van der Waals surface area contributed by atoms with Crippen LogP contribution in [0.1, 0.15) is 15.9 Å². The molecule has 0 radical (unpaired) electrons. The van der Waals surface area contributed by atoms with Crippen LogP contribution in [-0.4, -0.2) is 29.9 Å². The van der Waals surface area contributed by atoms with Crippen LogP contribution in [0.5, 0.6) is 0 Å². The summed E-state index contributed by atoms with van der Waals surface area (Å²) in [7, 11) is 3.31. The highest BCUT2D eigenvalue weighted by Crippen LogP contribution is 2.12. The molecular formula is C15H15F2N3O. The first-order chi connectivity index (χ1) is 9.97. The van der Waals surface area contributed by atoms with Gasteiger partial charge in [0.15, 0.2) is 0 Å². The Hall–Kier alpha value is -2.50. The third-order valence-electron chi connectivity index (χ3n) is 2.88. The summed E-state index contributed by atoms with van der Waals surface area (Å²) < 4.78 is 26.5. The number of carbonyl (C=O) groups is 1. The lowest BCUT2D eigenvalue weighted by atomic mass is 10.2. The molecule has 1 N–H and O–H groups in total. The molecule has 0 saturated carbocycles. The molecule has 0 spiro atoms. The lowest BCUT2D eigenvalue weighted by Gasteiger charge is -2.11. The monoisotopic (exact) mass is 291 g/mol. The quantitative estimate of drug-likeness (QED) is 0.942. The molecule has 0 unspecified atom stereocenters. The normalized spacial score (nSPS) is 10.3. The van der Waals surface area contributed by atoms with Crippen LogP contribution in [0.15, 0.2) is 36.5 Å². The van der Waals surface area contributed by atoms with E-state index in [9.17, 15) is 13.6 Å². The molecular weight excluding hydrogens is 276 g/mol. The summed E-state index contributed by atoms with van der Waals surface area (Å²) in [5, 5.41) is 2.88. The maximum absolute atomic E-state index is 13.5. The smallest absolute Gasteiger partial charge is 0.254 e. The van der Waals surface area contributed by atoms with Crippen LogP contribution in [0.3, 0.4) is 0 Å².